The first kappa shape index (κ1) is 15.8. The molecule has 2 aliphatic rings. The smallest absolute Gasteiger partial charge is 0.168 e. The van der Waals surface area contributed by atoms with E-state index in [-0.39, 0.29) is 12.0 Å². The molecule has 0 radical (unpaired) electrons. The number of hydrogen-bond acceptors (Lipinski definition) is 5. The van der Waals surface area contributed by atoms with Crippen LogP contribution in [0.15, 0.2) is 41.6 Å². The summed E-state index contributed by atoms with van der Waals surface area (Å²) >= 11 is 0. The maximum absolute atomic E-state index is 5.89. The molecule has 25 heavy (non-hydrogen) atoms. The summed E-state index contributed by atoms with van der Waals surface area (Å²) in [6.45, 7) is 0. The Balaban J connectivity index is 1.76. The average molecular weight is 339 g/mol. The maximum Gasteiger partial charge on any atom is 0.168 e. The molecule has 130 valence electrons. The summed E-state index contributed by atoms with van der Waals surface area (Å²) < 4.78 is 16.5. The molecule has 0 saturated carbocycles. The van der Waals surface area contributed by atoms with E-state index < -0.39 is 0 Å². The van der Waals surface area contributed by atoms with Crippen LogP contribution in [-0.2, 0) is 11.3 Å². The molecular formula is C20H21NO4. The molecule has 2 aromatic rings. The Labute approximate surface area is 147 Å². The number of methoxy groups -OCH3 is 3. The summed E-state index contributed by atoms with van der Waals surface area (Å²) in [6.07, 6.45) is 1.78. The zero-order chi connectivity index (χ0) is 17.4. The van der Waals surface area contributed by atoms with E-state index in [9.17, 15) is 0 Å². The van der Waals surface area contributed by atoms with Crippen molar-refractivity contribution in [2.24, 2.45) is 11.1 Å². The number of nitrogens with zero attached hydrogens (tertiary/aromatic N) is 1. The van der Waals surface area contributed by atoms with Crippen molar-refractivity contribution in [3.63, 3.8) is 0 Å². The average Bonchev–Trinajstić information content (AvgIpc) is 3.10. The molecule has 5 heteroatoms. The quantitative estimate of drug-likeness (QED) is 0.851. The van der Waals surface area contributed by atoms with Crippen LogP contribution in [0.1, 0.15) is 29.2 Å². The minimum atomic E-state index is -0.223. The van der Waals surface area contributed by atoms with Gasteiger partial charge in [0.1, 0.15) is 17.2 Å². The third-order valence-electron chi connectivity index (χ3n) is 5.04. The first-order valence-corrected chi connectivity index (χ1v) is 8.38. The molecule has 0 saturated heterocycles. The largest absolute Gasteiger partial charge is 0.496 e. The molecule has 4 rings (SSSR count). The molecule has 0 bridgehead atoms. The monoisotopic (exact) mass is 339 g/mol. The van der Waals surface area contributed by atoms with Crippen molar-refractivity contribution in [2.75, 3.05) is 21.3 Å². The predicted molar refractivity (Wildman–Crippen MR) is 94.7 cm³/mol. The third-order valence-corrected chi connectivity index (χ3v) is 5.04. The zero-order valence-corrected chi connectivity index (χ0v) is 14.6. The number of ether oxygens (including phenoxy) is 3. The second-order valence-corrected chi connectivity index (χ2v) is 6.25. The number of aryl methyl sites for hydroxylation is 1. The third kappa shape index (κ3) is 2.51. The van der Waals surface area contributed by atoms with Crippen LogP contribution < -0.4 is 14.2 Å². The number of fused-ring (bicyclic) bond motifs is 3. The molecule has 0 amide bonds. The lowest BCUT2D eigenvalue weighted by Crippen LogP contribution is -2.25. The number of benzene rings is 2. The molecule has 0 unspecified atom stereocenters. The van der Waals surface area contributed by atoms with Gasteiger partial charge in [-0.3, -0.25) is 0 Å². The number of oxime groups is 1. The van der Waals surface area contributed by atoms with Crippen molar-refractivity contribution in [1.29, 1.82) is 0 Å². The van der Waals surface area contributed by atoms with E-state index in [1.54, 1.807) is 21.3 Å². The molecule has 5 nitrogen and oxygen atoms in total. The Morgan fingerprint density at radius 1 is 1.00 bits per heavy atom. The molecule has 2 aromatic carbocycles. The Morgan fingerprint density at radius 2 is 1.72 bits per heavy atom. The highest BCUT2D eigenvalue weighted by Gasteiger charge is 2.42. The van der Waals surface area contributed by atoms with Gasteiger partial charge in [-0.15, -0.1) is 0 Å². The van der Waals surface area contributed by atoms with Gasteiger partial charge < -0.3 is 19.0 Å². The van der Waals surface area contributed by atoms with Gasteiger partial charge in [0, 0.05) is 23.6 Å². The van der Waals surface area contributed by atoms with Gasteiger partial charge in [0.2, 0.25) is 0 Å². The SMILES string of the molecule is COc1cc(OC)c([C@H]2ON=C3c4ccccc4CC[C@@H]32)c(OC)c1. The van der Waals surface area contributed by atoms with E-state index in [1.165, 1.54) is 11.1 Å². The van der Waals surface area contributed by atoms with Crippen molar-refractivity contribution in [2.45, 2.75) is 18.9 Å². The maximum atomic E-state index is 5.89. The minimum absolute atomic E-state index is 0.186. The lowest BCUT2D eigenvalue weighted by atomic mass is 9.78. The minimum Gasteiger partial charge on any atom is -0.496 e. The number of hydrogen-bond donors (Lipinski definition) is 0. The van der Waals surface area contributed by atoms with Crippen molar-refractivity contribution >= 4 is 5.71 Å². The van der Waals surface area contributed by atoms with Crippen LogP contribution in [0.2, 0.25) is 0 Å². The molecule has 1 aliphatic heterocycles. The lowest BCUT2D eigenvalue weighted by Gasteiger charge is -2.26. The van der Waals surface area contributed by atoms with E-state index in [1.807, 2.05) is 18.2 Å². The number of rotatable bonds is 4. The molecular weight excluding hydrogens is 318 g/mol. The van der Waals surface area contributed by atoms with Gasteiger partial charge in [-0.05, 0) is 18.4 Å². The summed E-state index contributed by atoms with van der Waals surface area (Å²) in [7, 11) is 4.91. The molecule has 0 aromatic heterocycles. The predicted octanol–water partition coefficient (Wildman–Crippen LogP) is 3.75. The highest BCUT2D eigenvalue weighted by molar-refractivity contribution is 6.05. The molecule has 0 fully saturated rings. The Morgan fingerprint density at radius 3 is 2.40 bits per heavy atom. The Hall–Kier alpha value is -2.69. The van der Waals surface area contributed by atoms with Crippen LogP contribution in [0.3, 0.4) is 0 Å². The topological polar surface area (TPSA) is 49.3 Å². The zero-order valence-electron chi connectivity index (χ0n) is 14.6. The molecule has 2 atom stereocenters. The van der Waals surface area contributed by atoms with E-state index in [0.29, 0.717) is 17.2 Å². The molecule has 1 heterocycles. The first-order chi connectivity index (χ1) is 12.3. The van der Waals surface area contributed by atoms with Crippen LogP contribution in [0, 0.1) is 5.92 Å². The van der Waals surface area contributed by atoms with Crippen molar-refractivity contribution < 1.29 is 19.0 Å². The second-order valence-electron chi connectivity index (χ2n) is 6.25. The summed E-state index contributed by atoms with van der Waals surface area (Å²) in [4.78, 5) is 5.89. The van der Waals surface area contributed by atoms with Crippen LogP contribution in [0.5, 0.6) is 17.2 Å². The van der Waals surface area contributed by atoms with E-state index in [4.69, 9.17) is 19.0 Å². The van der Waals surface area contributed by atoms with Crippen molar-refractivity contribution in [1.82, 2.24) is 0 Å². The van der Waals surface area contributed by atoms with Crippen LogP contribution in [0.25, 0.3) is 0 Å². The Bertz CT molecular complexity index is 805. The summed E-state index contributed by atoms with van der Waals surface area (Å²) in [5, 5.41) is 4.42. The van der Waals surface area contributed by atoms with Crippen LogP contribution in [0.4, 0.5) is 0 Å². The molecule has 1 aliphatic carbocycles. The van der Waals surface area contributed by atoms with Gasteiger partial charge in [0.05, 0.1) is 32.6 Å². The summed E-state index contributed by atoms with van der Waals surface area (Å²) in [6, 6.07) is 12.1. The van der Waals surface area contributed by atoms with Gasteiger partial charge in [-0.1, -0.05) is 29.4 Å². The van der Waals surface area contributed by atoms with Crippen LogP contribution in [-0.4, -0.2) is 27.0 Å². The highest BCUT2D eigenvalue weighted by atomic mass is 16.6. The van der Waals surface area contributed by atoms with Gasteiger partial charge in [0.25, 0.3) is 0 Å². The summed E-state index contributed by atoms with van der Waals surface area (Å²) in [5.41, 5.74) is 4.42. The summed E-state index contributed by atoms with van der Waals surface area (Å²) in [5.74, 6) is 2.25. The lowest BCUT2D eigenvalue weighted by molar-refractivity contribution is 0.0555. The Kier molecular flexibility index (Phi) is 3.99. The van der Waals surface area contributed by atoms with Gasteiger partial charge in [-0.25, -0.2) is 0 Å². The van der Waals surface area contributed by atoms with E-state index in [2.05, 4.69) is 23.4 Å². The first-order valence-electron chi connectivity index (χ1n) is 8.38. The van der Waals surface area contributed by atoms with Gasteiger partial charge in [0.15, 0.2) is 6.10 Å². The highest BCUT2D eigenvalue weighted by Crippen LogP contribution is 2.48. The fourth-order valence-electron chi connectivity index (χ4n) is 3.80. The van der Waals surface area contributed by atoms with Gasteiger partial charge >= 0.3 is 0 Å². The standard InChI is InChI=1S/C20H21NO4/c1-22-13-10-16(23-2)18(17(11-13)24-3)20-15-9-8-12-6-4-5-7-14(12)19(15)21-25-20/h4-7,10-11,15,20H,8-9H2,1-3H3/t15-,20-/m0/s1. The molecule has 0 N–H and O–H groups in total. The van der Waals surface area contributed by atoms with Crippen molar-refractivity contribution in [3.8, 4) is 17.2 Å². The molecule has 0 spiro atoms. The van der Waals surface area contributed by atoms with E-state index >= 15 is 0 Å². The van der Waals surface area contributed by atoms with Crippen molar-refractivity contribution in [3.05, 3.63) is 53.1 Å². The van der Waals surface area contributed by atoms with Gasteiger partial charge in [-0.2, -0.15) is 0 Å². The normalized spacial score (nSPS) is 20.8. The fraction of sp³-hybridized carbons (Fsp3) is 0.350. The second kappa shape index (κ2) is 6.31. The van der Waals surface area contributed by atoms with Crippen LogP contribution >= 0.6 is 0 Å². The fourth-order valence-corrected chi connectivity index (χ4v) is 3.80. The van der Waals surface area contributed by atoms with E-state index in [0.717, 1.165) is 24.1 Å².